The van der Waals surface area contributed by atoms with E-state index in [4.69, 9.17) is 5.11 Å². The Morgan fingerprint density at radius 3 is 2.60 bits per heavy atom. The van der Waals surface area contributed by atoms with E-state index in [-0.39, 0.29) is 19.0 Å². The maximum atomic E-state index is 12.3. The van der Waals surface area contributed by atoms with E-state index < -0.39 is 0 Å². The van der Waals surface area contributed by atoms with Gasteiger partial charge in [-0.15, -0.1) is 12.4 Å². The minimum atomic E-state index is 0. The second-order valence-corrected chi connectivity index (χ2v) is 5.70. The van der Waals surface area contributed by atoms with Crippen molar-refractivity contribution >= 4 is 18.3 Å². The average Bonchev–Trinajstić information content (AvgIpc) is 2.68. The molecule has 2 saturated heterocycles. The number of hydrogen-bond donors (Lipinski definition) is 2. The van der Waals surface area contributed by atoms with Gasteiger partial charge in [-0.1, -0.05) is 0 Å². The number of carbonyl (C=O) groups excluding carboxylic acids is 1. The first kappa shape index (κ1) is 17.7. The van der Waals surface area contributed by atoms with Crippen LogP contribution < -0.4 is 5.32 Å². The van der Waals surface area contributed by atoms with Crippen molar-refractivity contribution in [2.45, 2.75) is 25.7 Å². The SMILES string of the molecule is Cl.O=C(CC1CCCNCC1)N1CCN(CCO)CC1. The van der Waals surface area contributed by atoms with Crippen LogP contribution in [0.5, 0.6) is 0 Å². The molecule has 0 aromatic heterocycles. The summed E-state index contributed by atoms with van der Waals surface area (Å²) < 4.78 is 0. The lowest BCUT2D eigenvalue weighted by Crippen LogP contribution is -2.49. The fraction of sp³-hybridized carbons (Fsp3) is 0.929. The number of amides is 1. The minimum absolute atomic E-state index is 0. The fourth-order valence-corrected chi connectivity index (χ4v) is 3.03. The second kappa shape index (κ2) is 9.55. The highest BCUT2D eigenvalue weighted by Gasteiger charge is 2.23. The number of aliphatic hydroxyl groups excluding tert-OH is 1. The molecule has 2 aliphatic heterocycles. The van der Waals surface area contributed by atoms with Crippen molar-refractivity contribution in [3.05, 3.63) is 0 Å². The minimum Gasteiger partial charge on any atom is -0.395 e. The van der Waals surface area contributed by atoms with Crippen LogP contribution in [0.15, 0.2) is 0 Å². The molecule has 20 heavy (non-hydrogen) atoms. The van der Waals surface area contributed by atoms with Crippen molar-refractivity contribution in [2.24, 2.45) is 5.92 Å². The van der Waals surface area contributed by atoms with E-state index in [0.717, 1.165) is 58.7 Å². The van der Waals surface area contributed by atoms with Gasteiger partial charge in [0.15, 0.2) is 0 Å². The summed E-state index contributed by atoms with van der Waals surface area (Å²) >= 11 is 0. The maximum Gasteiger partial charge on any atom is 0.222 e. The molecule has 0 bridgehead atoms. The third kappa shape index (κ3) is 5.56. The molecule has 0 saturated carbocycles. The topological polar surface area (TPSA) is 55.8 Å². The normalized spacial score (nSPS) is 24.9. The highest BCUT2D eigenvalue weighted by Crippen LogP contribution is 2.19. The Bertz CT molecular complexity index is 276. The van der Waals surface area contributed by atoms with Crippen molar-refractivity contribution in [3.8, 4) is 0 Å². The van der Waals surface area contributed by atoms with Gasteiger partial charge in [-0.25, -0.2) is 0 Å². The smallest absolute Gasteiger partial charge is 0.222 e. The van der Waals surface area contributed by atoms with Gasteiger partial charge >= 0.3 is 0 Å². The monoisotopic (exact) mass is 305 g/mol. The average molecular weight is 306 g/mol. The third-order valence-corrected chi connectivity index (χ3v) is 4.30. The summed E-state index contributed by atoms with van der Waals surface area (Å²) in [5.41, 5.74) is 0. The van der Waals surface area contributed by atoms with E-state index in [9.17, 15) is 4.79 Å². The summed E-state index contributed by atoms with van der Waals surface area (Å²) in [6.45, 7) is 6.55. The predicted octanol–water partition coefficient (Wildman–Crippen LogP) is 0.325. The summed E-state index contributed by atoms with van der Waals surface area (Å²) in [7, 11) is 0. The number of carbonyl (C=O) groups is 1. The van der Waals surface area contributed by atoms with Gasteiger partial charge < -0.3 is 15.3 Å². The molecule has 0 radical (unpaired) electrons. The summed E-state index contributed by atoms with van der Waals surface area (Å²) in [5, 5.41) is 12.3. The molecule has 0 spiro atoms. The Kier molecular flexibility index (Phi) is 8.45. The summed E-state index contributed by atoms with van der Waals surface area (Å²) in [6.07, 6.45) is 4.24. The van der Waals surface area contributed by atoms with Crippen molar-refractivity contribution in [3.63, 3.8) is 0 Å². The number of aliphatic hydroxyl groups is 1. The van der Waals surface area contributed by atoms with E-state index in [1.807, 2.05) is 4.90 Å². The molecule has 2 rings (SSSR count). The number of hydrogen-bond acceptors (Lipinski definition) is 4. The molecule has 2 aliphatic rings. The van der Waals surface area contributed by atoms with E-state index in [2.05, 4.69) is 10.2 Å². The molecule has 0 aliphatic carbocycles. The van der Waals surface area contributed by atoms with Gasteiger partial charge in [0.05, 0.1) is 6.61 Å². The molecule has 1 amide bonds. The Labute approximate surface area is 128 Å². The van der Waals surface area contributed by atoms with Gasteiger partial charge in [-0.05, 0) is 38.3 Å². The van der Waals surface area contributed by atoms with Crippen LogP contribution in [0.25, 0.3) is 0 Å². The molecular formula is C14H28ClN3O2. The number of piperazine rings is 1. The van der Waals surface area contributed by atoms with Crippen LogP contribution in [0.4, 0.5) is 0 Å². The Balaban J connectivity index is 0.00000200. The first-order valence-corrected chi connectivity index (χ1v) is 7.61. The number of halogens is 1. The molecule has 2 N–H and O–H groups in total. The number of nitrogens with one attached hydrogen (secondary N) is 1. The number of rotatable bonds is 4. The molecule has 1 atom stereocenters. The van der Waals surface area contributed by atoms with Crippen LogP contribution in [0.3, 0.4) is 0 Å². The number of β-amino-alcohol motifs (C(OH)–C–C–N with tert-alkyl or cyclic N) is 1. The quantitative estimate of drug-likeness (QED) is 0.786. The van der Waals surface area contributed by atoms with Crippen LogP contribution in [0, 0.1) is 5.92 Å². The standard InChI is InChI=1S/C14H27N3O2.ClH/c18-11-10-16-6-8-17(9-7-16)14(19)12-13-2-1-4-15-5-3-13;/h13,15,18H,1-12H2;1H. The molecular weight excluding hydrogens is 278 g/mol. The zero-order chi connectivity index (χ0) is 13.5. The fourth-order valence-electron chi connectivity index (χ4n) is 3.03. The zero-order valence-corrected chi connectivity index (χ0v) is 13.0. The van der Waals surface area contributed by atoms with Gasteiger partial charge in [0.2, 0.25) is 5.91 Å². The van der Waals surface area contributed by atoms with Gasteiger partial charge in [0.25, 0.3) is 0 Å². The largest absolute Gasteiger partial charge is 0.395 e. The molecule has 6 heteroatoms. The van der Waals surface area contributed by atoms with Gasteiger partial charge in [0, 0.05) is 39.1 Å². The highest BCUT2D eigenvalue weighted by molar-refractivity contribution is 5.85. The molecule has 1 unspecified atom stereocenters. The van der Waals surface area contributed by atoms with Crippen LogP contribution in [-0.2, 0) is 4.79 Å². The zero-order valence-electron chi connectivity index (χ0n) is 12.2. The van der Waals surface area contributed by atoms with Crippen LogP contribution in [-0.4, -0.2) is 73.2 Å². The van der Waals surface area contributed by atoms with Gasteiger partial charge in [-0.2, -0.15) is 0 Å². The maximum absolute atomic E-state index is 12.3. The number of nitrogens with zero attached hydrogens (tertiary/aromatic N) is 2. The Morgan fingerprint density at radius 2 is 1.90 bits per heavy atom. The molecule has 2 fully saturated rings. The first-order chi connectivity index (χ1) is 9.29. The lowest BCUT2D eigenvalue weighted by atomic mass is 9.96. The van der Waals surface area contributed by atoms with Gasteiger partial charge in [0.1, 0.15) is 0 Å². The van der Waals surface area contributed by atoms with E-state index >= 15 is 0 Å². The predicted molar refractivity (Wildman–Crippen MR) is 82.2 cm³/mol. The first-order valence-electron chi connectivity index (χ1n) is 7.61. The molecule has 5 nitrogen and oxygen atoms in total. The van der Waals surface area contributed by atoms with Gasteiger partial charge in [-0.3, -0.25) is 9.69 Å². The molecule has 118 valence electrons. The molecule has 2 heterocycles. The van der Waals surface area contributed by atoms with Crippen LogP contribution >= 0.6 is 12.4 Å². The van der Waals surface area contributed by atoms with E-state index in [1.165, 1.54) is 12.8 Å². The summed E-state index contributed by atoms with van der Waals surface area (Å²) in [6, 6.07) is 0. The summed E-state index contributed by atoms with van der Waals surface area (Å²) in [5.74, 6) is 0.897. The van der Waals surface area contributed by atoms with Crippen molar-refractivity contribution in [2.75, 3.05) is 52.4 Å². The van der Waals surface area contributed by atoms with E-state index in [1.54, 1.807) is 0 Å². The Hall–Kier alpha value is -0.360. The lowest BCUT2D eigenvalue weighted by Gasteiger charge is -2.35. The molecule has 0 aromatic rings. The highest BCUT2D eigenvalue weighted by atomic mass is 35.5. The van der Waals surface area contributed by atoms with Crippen molar-refractivity contribution in [1.82, 2.24) is 15.1 Å². The van der Waals surface area contributed by atoms with E-state index in [0.29, 0.717) is 11.8 Å². The van der Waals surface area contributed by atoms with Crippen LogP contribution in [0.2, 0.25) is 0 Å². The second-order valence-electron chi connectivity index (χ2n) is 5.70. The third-order valence-electron chi connectivity index (χ3n) is 4.30. The summed E-state index contributed by atoms with van der Waals surface area (Å²) in [4.78, 5) is 16.5. The lowest BCUT2D eigenvalue weighted by molar-refractivity contribution is -0.134. The van der Waals surface area contributed by atoms with Crippen molar-refractivity contribution in [1.29, 1.82) is 0 Å². The molecule has 0 aromatic carbocycles. The Morgan fingerprint density at radius 1 is 1.15 bits per heavy atom. The van der Waals surface area contributed by atoms with Crippen molar-refractivity contribution < 1.29 is 9.90 Å². The van der Waals surface area contributed by atoms with Crippen LogP contribution in [0.1, 0.15) is 25.7 Å².